The fourth-order valence-corrected chi connectivity index (χ4v) is 2.67. The van der Waals surface area contributed by atoms with Crippen molar-refractivity contribution in [3.8, 4) is 5.75 Å². The standard InChI is InChI=1S/C14H20BrNO2/c1-14(2)10-18-7-6-16(14)9-11-8-12(15)4-5-13(11)17-3/h4-5,8H,6-7,9-10H2,1-3H3. The molecule has 0 atom stereocenters. The Morgan fingerprint density at radius 1 is 1.44 bits per heavy atom. The van der Waals surface area contributed by atoms with Crippen LogP contribution in [0, 0.1) is 0 Å². The molecule has 0 aliphatic carbocycles. The average molecular weight is 314 g/mol. The van der Waals surface area contributed by atoms with E-state index in [1.54, 1.807) is 7.11 Å². The number of ether oxygens (including phenoxy) is 2. The fourth-order valence-electron chi connectivity index (χ4n) is 2.26. The molecule has 0 aromatic heterocycles. The van der Waals surface area contributed by atoms with Crippen LogP contribution in [0.3, 0.4) is 0 Å². The van der Waals surface area contributed by atoms with Gasteiger partial charge in [-0.1, -0.05) is 15.9 Å². The van der Waals surface area contributed by atoms with Crippen LogP contribution >= 0.6 is 15.9 Å². The molecule has 1 saturated heterocycles. The molecule has 0 radical (unpaired) electrons. The van der Waals surface area contributed by atoms with E-state index < -0.39 is 0 Å². The van der Waals surface area contributed by atoms with Gasteiger partial charge in [-0.05, 0) is 32.0 Å². The minimum Gasteiger partial charge on any atom is -0.496 e. The predicted octanol–water partition coefficient (Wildman–Crippen LogP) is 3.07. The van der Waals surface area contributed by atoms with Gasteiger partial charge in [0.1, 0.15) is 5.75 Å². The van der Waals surface area contributed by atoms with E-state index in [0.717, 1.165) is 36.5 Å². The molecule has 0 bridgehead atoms. The molecule has 1 aliphatic heterocycles. The molecule has 2 rings (SSSR count). The van der Waals surface area contributed by atoms with E-state index >= 15 is 0 Å². The number of benzene rings is 1. The summed E-state index contributed by atoms with van der Waals surface area (Å²) < 4.78 is 12.1. The molecule has 0 amide bonds. The second-order valence-electron chi connectivity index (χ2n) is 5.24. The van der Waals surface area contributed by atoms with Crippen molar-refractivity contribution in [2.75, 3.05) is 26.9 Å². The largest absolute Gasteiger partial charge is 0.496 e. The predicted molar refractivity (Wildman–Crippen MR) is 76.0 cm³/mol. The molecule has 3 nitrogen and oxygen atoms in total. The van der Waals surface area contributed by atoms with Gasteiger partial charge in [0.25, 0.3) is 0 Å². The lowest BCUT2D eigenvalue weighted by Crippen LogP contribution is -2.52. The van der Waals surface area contributed by atoms with Gasteiger partial charge in [0.2, 0.25) is 0 Å². The lowest BCUT2D eigenvalue weighted by Gasteiger charge is -2.42. The second-order valence-corrected chi connectivity index (χ2v) is 6.16. The molecule has 1 aromatic carbocycles. The molecule has 1 aliphatic rings. The highest BCUT2D eigenvalue weighted by molar-refractivity contribution is 9.10. The van der Waals surface area contributed by atoms with Gasteiger partial charge in [-0.15, -0.1) is 0 Å². The quantitative estimate of drug-likeness (QED) is 0.856. The topological polar surface area (TPSA) is 21.7 Å². The molecule has 1 aromatic rings. The molecule has 1 heterocycles. The molecule has 0 saturated carbocycles. The Morgan fingerprint density at radius 2 is 2.22 bits per heavy atom. The minimum atomic E-state index is 0.0750. The van der Waals surface area contributed by atoms with Gasteiger partial charge < -0.3 is 9.47 Å². The summed E-state index contributed by atoms with van der Waals surface area (Å²) in [6.07, 6.45) is 0. The Labute approximate surface area is 117 Å². The van der Waals surface area contributed by atoms with Crippen LogP contribution in [0.5, 0.6) is 5.75 Å². The van der Waals surface area contributed by atoms with Crippen LogP contribution in [-0.4, -0.2) is 37.3 Å². The van der Waals surface area contributed by atoms with Crippen LogP contribution in [0.4, 0.5) is 0 Å². The Morgan fingerprint density at radius 3 is 2.89 bits per heavy atom. The molecular weight excluding hydrogens is 294 g/mol. The number of methoxy groups -OCH3 is 1. The first-order valence-electron chi connectivity index (χ1n) is 6.18. The number of rotatable bonds is 3. The minimum absolute atomic E-state index is 0.0750. The van der Waals surface area contributed by atoms with Crippen LogP contribution < -0.4 is 4.74 Å². The van der Waals surface area contributed by atoms with E-state index in [0.29, 0.717) is 0 Å². The molecule has 0 N–H and O–H groups in total. The van der Waals surface area contributed by atoms with E-state index in [-0.39, 0.29) is 5.54 Å². The molecular formula is C14H20BrNO2. The third-order valence-electron chi connectivity index (χ3n) is 3.42. The Balaban J connectivity index is 2.19. The summed E-state index contributed by atoms with van der Waals surface area (Å²) in [5.74, 6) is 0.945. The van der Waals surface area contributed by atoms with Gasteiger partial charge in [-0.25, -0.2) is 0 Å². The normalized spacial score (nSPS) is 19.8. The summed E-state index contributed by atoms with van der Waals surface area (Å²) in [6.45, 7) is 7.87. The monoisotopic (exact) mass is 313 g/mol. The van der Waals surface area contributed by atoms with Crippen molar-refractivity contribution in [1.29, 1.82) is 0 Å². The third-order valence-corrected chi connectivity index (χ3v) is 3.91. The molecule has 100 valence electrons. The lowest BCUT2D eigenvalue weighted by atomic mass is 10.0. The van der Waals surface area contributed by atoms with E-state index in [4.69, 9.17) is 9.47 Å². The van der Waals surface area contributed by atoms with Crippen LogP contribution in [0.25, 0.3) is 0 Å². The number of hydrogen-bond donors (Lipinski definition) is 0. The van der Waals surface area contributed by atoms with Gasteiger partial charge in [-0.2, -0.15) is 0 Å². The van der Waals surface area contributed by atoms with E-state index in [2.05, 4.69) is 40.7 Å². The molecule has 1 fully saturated rings. The second kappa shape index (κ2) is 5.59. The van der Waals surface area contributed by atoms with Crippen molar-refractivity contribution < 1.29 is 9.47 Å². The van der Waals surface area contributed by atoms with Gasteiger partial charge in [-0.3, -0.25) is 4.90 Å². The van der Waals surface area contributed by atoms with Gasteiger partial charge in [0, 0.05) is 28.7 Å². The van der Waals surface area contributed by atoms with E-state index in [1.165, 1.54) is 5.56 Å². The number of halogens is 1. The van der Waals surface area contributed by atoms with Crippen molar-refractivity contribution >= 4 is 15.9 Å². The number of nitrogens with zero attached hydrogens (tertiary/aromatic N) is 1. The van der Waals surface area contributed by atoms with Crippen molar-refractivity contribution in [3.63, 3.8) is 0 Å². The smallest absolute Gasteiger partial charge is 0.123 e. The maximum Gasteiger partial charge on any atom is 0.123 e. The first-order valence-corrected chi connectivity index (χ1v) is 6.97. The molecule has 0 unspecified atom stereocenters. The summed E-state index contributed by atoms with van der Waals surface area (Å²) in [4.78, 5) is 2.45. The zero-order chi connectivity index (χ0) is 13.2. The third kappa shape index (κ3) is 3.05. The summed E-state index contributed by atoms with van der Waals surface area (Å²) in [6, 6.07) is 6.14. The molecule has 18 heavy (non-hydrogen) atoms. The van der Waals surface area contributed by atoms with Crippen molar-refractivity contribution in [1.82, 2.24) is 4.90 Å². The van der Waals surface area contributed by atoms with Gasteiger partial charge in [0.05, 0.1) is 20.3 Å². The maximum atomic E-state index is 5.55. The Hall–Kier alpha value is -0.580. The lowest BCUT2D eigenvalue weighted by molar-refractivity contribution is -0.0555. The first kappa shape index (κ1) is 13.8. The van der Waals surface area contributed by atoms with Crippen LogP contribution in [0.15, 0.2) is 22.7 Å². The van der Waals surface area contributed by atoms with Crippen molar-refractivity contribution in [2.24, 2.45) is 0 Å². The average Bonchev–Trinajstić information content (AvgIpc) is 2.32. The number of hydrogen-bond acceptors (Lipinski definition) is 3. The zero-order valence-electron chi connectivity index (χ0n) is 11.2. The van der Waals surface area contributed by atoms with E-state index in [9.17, 15) is 0 Å². The van der Waals surface area contributed by atoms with Crippen molar-refractivity contribution in [3.05, 3.63) is 28.2 Å². The number of morpholine rings is 1. The van der Waals surface area contributed by atoms with Crippen LogP contribution in [-0.2, 0) is 11.3 Å². The molecule has 4 heteroatoms. The fraction of sp³-hybridized carbons (Fsp3) is 0.571. The van der Waals surface area contributed by atoms with Crippen molar-refractivity contribution in [2.45, 2.75) is 25.9 Å². The molecule has 0 spiro atoms. The summed E-state index contributed by atoms with van der Waals surface area (Å²) in [7, 11) is 1.72. The summed E-state index contributed by atoms with van der Waals surface area (Å²) in [5.41, 5.74) is 1.29. The maximum absolute atomic E-state index is 5.55. The highest BCUT2D eigenvalue weighted by Gasteiger charge is 2.30. The highest BCUT2D eigenvalue weighted by atomic mass is 79.9. The Kier molecular flexibility index (Phi) is 4.30. The van der Waals surface area contributed by atoms with Gasteiger partial charge in [0.15, 0.2) is 0 Å². The van der Waals surface area contributed by atoms with Crippen LogP contribution in [0.1, 0.15) is 19.4 Å². The first-order chi connectivity index (χ1) is 8.53. The van der Waals surface area contributed by atoms with Crippen LogP contribution in [0.2, 0.25) is 0 Å². The highest BCUT2D eigenvalue weighted by Crippen LogP contribution is 2.28. The van der Waals surface area contributed by atoms with E-state index in [1.807, 2.05) is 12.1 Å². The SMILES string of the molecule is COc1ccc(Br)cc1CN1CCOCC1(C)C. The van der Waals surface area contributed by atoms with Gasteiger partial charge >= 0.3 is 0 Å². The Bertz CT molecular complexity index is 420. The zero-order valence-corrected chi connectivity index (χ0v) is 12.8. The summed E-state index contributed by atoms with van der Waals surface area (Å²) >= 11 is 3.52. The summed E-state index contributed by atoms with van der Waals surface area (Å²) in [5, 5.41) is 0.